The summed E-state index contributed by atoms with van der Waals surface area (Å²) in [4.78, 5) is 0. The third-order valence-electron chi connectivity index (χ3n) is 4.22. The topological polar surface area (TPSA) is 0 Å². The van der Waals surface area contributed by atoms with E-state index < -0.39 is 0 Å². The fourth-order valence-corrected chi connectivity index (χ4v) is 3.18. The highest BCUT2D eigenvalue weighted by Crippen LogP contribution is 2.17. The number of halogens is 2. The van der Waals surface area contributed by atoms with Crippen LogP contribution in [0.1, 0.15) is 78.6 Å². The minimum atomic E-state index is 0. The van der Waals surface area contributed by atoms with Crippen molar-refractivity contribution in [3.05, 3.63) is 0 Å². The van der Waals surface area contributed by atoms with E-state index in [1.165, 1.54) is 93.8 Å². The summed E-state index contributed by atoms with van der Waals surface area (Å²) in [6.45, 7) is 12.6. The summed E-state index contributed by atoms with van der Waals surface area (Å²) in [5.41, 5.74) is 0. The maximum atomic E-state index is 3.62. The van der Waals surface area contributed by atoms with Gasteiger partial charge in [0.15, 0.2) is 0 Å². The lowest BCUT2D eigenvalue weighted by Crippen LogP contribution is -3.00. The average molecular weight is 371 g/mol. The smallest absolute Gasteiger partial charge is 0.0794 e. The fraction of sp³-hybridized carbons (Fsp3) is 1.00. The third kappa shape index (κ3) is 11.4. The van der Waals surface area contributed by atoms with Crippen LogP contribution in [0, 0.1) is 0 Å². The molecule has 0 aromatic carbocycles. The van der Waals surface area contributed by atoms with Gasteiger partial charge in [-0.1, -0.05) is 62.4 Å². The van der Waals surface area contributed by atoms with Gasteiger partial charge in [-0.15, -0.1) is 0 Å². The molecular weight excluding hydrogens is 334 g/mol. The Hall–Kier alpha value is 0.730. The SMILES string of the molecule is CCCCCC[N+](CCCC)(CCCC)CCCBr.[Cl-]. The van der Waals surface area contributed by atoms with E-state index >= 15 is 0 Å². The zero-order valence-electron chi connectivity index (χ0n) is 14.1. The monoisotopic (exact) mass is 369 g/mol. The first-order valence-corrected chi connectivity index (χ1v) is 9.77. The summed E-state index contributed by atoms with van der Waals surface area (Å²) < 4.78 is 1.40. The molecule has 0 atom stereocenters. The Labute approximate surface area is 143 Å². The normalized spacial score (nSPS) is 11.4. The van der Waals surface area contributed by atoms with Crippen LogP contribution in [-0.4, -0.2) is 36.0 Å². The zero-order chi connectivity index (χ0) is 14.4. The van der Waals surface area contributed by atoms with Crippen molar-refractivity contribution in [2.24, 2.45) is 0 Å². The molecule has 0 saturated carbocycles. The molecular formula is C17H37BrClN. The first-order chi connectivity index (χ1) is 9.24. The molecule has 20 heavy (non-hydrogen) atoms. The summed E-state index contributed by atoms with van der Waals surface area (Å²) in [7, 11) is 0. The molecule has 0 unspecified atom stereocenters. The summed E-state index contributed by atoms with van der Waals surface area (Å²) in [6.07, 6.45) is 12.5. The van der Waals surface area contributed by atoms with Crippen molar-refractivity contribution in [1.82, 2.24) is 0 Å². The van der Waals surface area contributed by atoms with Gasteiger partial charge in [-0.3, -0.25) is 0 Å². The van der Waals surface area contributed by atoms with Crippen molar-refractivity contribution in [3.8, 4) is 0 Å². The quantitative estimate of drug-likeness (QED) is 0.250. The first-order valence-electron chi connectivity index (χ1n) is 8.65. The van der Waals surface area contributed by atoms with Gasteiger partial charge in [-0.05, 0) is 25.7 Å². The van der Waals surface area contributed by atoms with Gasteiger partial charge in [0.05, 0.1) is 26.2 Å². The van der Waals surface area contributed by atoms with Crippen LogP contribution in [-0.2, 0) is 0 Å². The van der Waals surface area contributed by atoms with E-state index in [1.54, 1.807) is 0 Å². The van der Waals surface area contributed by atoms with Crippen molar-refractivity contribution in [3.63, 3.8) is 0 Å². The Morgan fingerprint density at radius 3 is 1.50 bits per heavy atom. The lowest BCUT2D eigenvalue weighted by atomic mass is 10.1. The molecule has 0 spiro atoms. The van der Waals surface area contributed by atoms with Crippen molar-refractivity contribution in [2.75, 3.05) is 31.5 Å². The van der Waals surface area contributed by atoms with Crippen LogP contribution in [0.2, 0.25) is 0 Å². The van der Waals surface area contributed by atoms with Crippen molar-refractivity contribution in [1.29, 1.82) is 0 Å². The number of quaternary nitrogens is 1. The lowest BCUT2D eigenvalue weighted by Gasteiger charge is -2.39. The molecule has 0 saturated heterocycles. The summed E-state index contributed by atoms with van der Waals surface area (Å²) in [5, 5.41) is 1.17. The molecule has 0 rings (SSSR count). The van der Waals surface area contributed by atoms with E-state index in [0.29, 0.717) is 0 Å². The van der Waals surface area contributed by atoms with E-state index in [1.807, 2.05) is 0 Å². The minimum absolute atomic E-state index is 0. The maximum Gasteiger partial charge on any atom is 0.0794 e. The zero-order valence-corrected chi connectivity index (χ0v) is 16.4. The molecule has 0 heterocycles. The van der Waals surface area contributed by atoms with Gasteiger partial charge in [0.1, 0.15) is 0 Å². The fourth-order valence-electron chi connectivity index (χ4n) is 2.93. The number of hydrogen-bond donors (Lipinski definition) is 0. The second-order valence-electron chi connectivity index (χ2n) is 6.05. The second-order valence-corrected chi connectivity index (χ2v) is 6.84. The Morgan fingerprint density at radius 1 is 0.600 bits per heavy atom. The molecule has 0 aliphatic carbocycles. The van der Waals surface area contributed by atoms with E-state index in [4.69, 9.17) is 0 Å². The minimum Gasteiger partial charge on any atom is -1.00 e. The van der Waals surface area contributed by atoms with Gasteiger partial charge < -0.3 is 16.9 Å². The van der Waals surface area contributed by atoms with Crippen LogP contribution in [0.15, 0.2) is 0 Å². The summed E-state index contributed by atoms with van der Waals surface area (Å²) >= 11 is 3.62. The predicted octanol–water partition coefficient (Wildman–Crippen LogP) is 2.77. The van der Waals surface area contributed by atoms with Gasteiger partial charge in [-0.25, -0.2) is 0 Å². The molecule has 1 nitrogen and oxygen atoms in total. The van der Waals surface area contributed by atoms with Gasteiger partial charge in [0, 0.05) is 11.8 Å². The number of nitrogens with zero attached hydrogens (tertiary/aromatic N) is 1. The third-order valence-corrected chi connectivity index (χ3v) is 4.78. The van der Waals surface area contributed by atoms with Crippen LogP contribution in [0.3, 0.4) is 0 Å². The van der Waals surface area contributed by atoms with E-state index in [9.17, 15) is 0 Å². The molecule has 0 aliphatic rings. The van der Waals surface area contributed by atoms with Gasteiger partial charge >= 0.3 is 0 Å². The van der Waals surface area contributed by atoms with E-state index in [2.05, 4.69) is 36.7 Å². The van der Waals surface area contributed by atoms with E-state index in [-0.39, 0.29) is 12.4 Å². The largest absolute Gasteiger partial charge is 1.00 e. The number of hydrogen-bond acceptors (Lipinski definition) is 0. The van der Waals surface area contributed by atoms with Gasteiger partial charge in [-0.2, -0.15) is 0 Å². The van der Waals surface area contributed by atoms with Crippen LogP contribution in [0.4, 0.5) is 0 Å². The van der Waals surface area contributed by atoms with Crippen LogP contribution < -0.4 is 12.4 Å². The molecule has 0 amide bonds. The molecule has 0 aromatic rings. The average Bonchev–Trinajstić information content (AvgIpc) is 2.44. The Kier molecular flexibility index (Phi) is 18.5. The molecule has 0 bridgehead atoms. The van der Waals surface area contributed by atoms with Gasteiger partial charge in [0.2, 0.25) is 0 Å². The lowest BCUT2D eigenvalue weighted by molar-refractivity contribution is -0.928. The Balaban J connectivity index is 0. The van der Waals surface area contributed by atoms with E-state index in [0.717, 1.165) is 0 Å². The Morgan fingerprint density at radius 2 is 1.05 bits per heavy atom. The Bertz CT molecular complexity index is 166. The van der Waals surface area contributed by atoms with Crippen molar-refractivity contribution < 1.29 is 16.9 Å². The molecule has 0 radical (unpaired) electrons. The highest BCUT2D eigenvalue weighted by atomic mass is 79.9. The number of rotatable bonds is 14. The highest BCUT2D eigenvalue weighted by molar-refractivity contribution is 9.09. The van der Waals surface area contributed by atoms with Crippen molar-refractivity contribution in [2.45, 2.75) is 78.6 Å². The van der Waals surface area contributed by atoms with Gasteiger partial charge in [0.25, 0.3) is 0 Å². The molecule has 3 heteroatoms. The molecule has 0 aromatic heterocycles. The summed E-state index contributed by atoms with van der Waals surface area (Å²) in [6, 6.07) is 0. The molecule has 0 aliphatic heterocycles. The second kappa shape index (κ2) is 16.1. The van der Waals surface area contributed by atoms with Crippen molar-refractivity contribution >= 4 is 15.9 Å². The summed E-state index contributed by atoms with van der Waals surface area (Å²) in [5.74, 6) is 0. The molecule has 124 valence electrons. The first kappa shape index (κ1) is 23.0. The molecule has 0 N–H and O–H groups in total. The highest BCUT2D eigenvalue weighted by Gasteiger charge is 2.24. The maximum absolute atomic E-state index is 3.62. The number of alkyl halides is 1. The van der Waals surface area contributed by atoms with Crippen LogP contribution in [0.25, 0.3) is 0 Å². The predicted molar refractivity (Wildman–Crippen MR) is 92.1 cm³/mol. The van der Waals surface area contributed by atoms with Crippen LogP contribution in [0.5, 0.6) is 0 Å². The standard InChI is InChI=1S/C17H37BrN.ClH/c1-4-7-10-11-16-19(14-8-5-2,15-9-6-3)17-12-13-18;/h4-17H2,1-3H3;1H/q+1;/p-1. The molecule has 0 fully saturated rings. The number of unbranched alkanes of at least 4 members (excludes halogenated alkanes) is 5. The van der Waals surface area contributed by atoms with Crippen LogP contribution >= 0.6 is 15.9 Å².